The van der Waals surface area contributed by atoms with Gasteiger partial charge in [-0.2, -0.15) is 0 Å². The monoisotopic (exact) mass is 420 g/mol. The first-order valence-corrected chi connectivity index (χ1v) is 11.1. The fourth-order valence-corrected chi connectivity index (χ4v) is 4.64. The van der Waals surface area contributed by atoms with Crippen LogP contribution in [0.2, 0.25) is 0 Å². The van der Waals surface area contributed by atoms with Crippen LogP contribution < -0.4 is 0 Å². The van der Waals surface area contributed by atoms with Crippen molar-refractivity contribution in [1.29, 1.82) is 0 Å². The largest absolute Gasteiger partial charge is 0.448 e. The average molecular weight is 420 g/mol. The molecule has 0 aromatic rings. The Morgan fingerprint density at radius 2 is 1.67 bits per heavy atom. The third-order valence-corrected chi connectivity index (χ3v) is 8.83. The van der Waals surface area contributed by atoms with E-state index < -0.39 is 29.8 Å². The molecule has 0 aromatic carbocycles. The molecule has 14 heteroatoms. The average Bonchev–Trinajstić information content (AvgIpc) is 2.58. The van der Waals surface area contributed by atoms with Gasteiger partial charge in [0.25, 0.3) is 12.5 Å². The van der Waals surface area contributed by atoms with Crippen LogP contribution in [0.3, 0.4) is 0 Å². The Morgan fingerprint density at radius 3 is 2.04 bits per heavy atom. The SMILES string of the molecule is COP(=S)(OC)N(C)S(=O)N(C)C(=O)ON=C(SC)C(=O)N(C)C. The van der Waals surface area contributed by atoms with E-state index in [-0.39, 0.29) is 5.04 Å². The first kappa shape index (κ1) is 23.4. The van der Waals surface area contributed by atoms with Gasteiger partial charge in [-0.15, -0.1) is 15.8 Å². The van der Waals surface area contributed by atoms with Crippen LogP contribution in [0.25, 0.3) is 0 Å². The Kier molecular flexibility index (Phi) is 10.2. The molecule has 0 aliphatic rings. The van der Waals surface area contributed by atoms with Crippen molar-refractivity contribution < 1.29 is 27.7 Å². The number of hydrogen-bond acceptors (Lipinski definition) is 9. The zero-order valence-electron chi connectivity index (χ0n) is 14.4. The van der Waals surface area contributed by atoms with Crippen LogP contribution in [0.4, 0.5) is 4.79 Å². The predicted molar refractivity (Wildman–Crippen MR) is 98.1 cm³/mol. The zero-order chi connectivity index (χ0) is 19.1. The van der Waals surface area contributed by atoms with Gasteiger partial charge in [0, 0.05) is 42.4 Å². The normalized spacial score (nSPS) is 13.6. The van der Waals surface area contributed by atoms with Crippen LogP contribution in [0, 0.1) is 0 Å². The van der Waals surface area contributed by atoms with Crippen LogP contribution in [-0.4, -0.2) is 83.2 Å². The van der Waals surface area contributed by atoms with E-state index in [0.29, 0.717) is 0 Å². The van der Waals surface area contributed by atoms with Crippen molar-refractivity contribution in [3.05, 3.63) is 0 Å². The molecule has 0 bridgehead atoms. The highest BCUT2D eigenvalue weighted by atomic mass is 32.5. The minimum Gasteiger partial charge on any atom is -0.343 e. The van der Waals surface area contributed by atoms with E-state index in [0.717, 1.165) is 20.1 Å². The van der Waals surface area contributed by atoms with Crippen molar-refractivity contribution in [2.24, 2.45) is 5.16 Å². The summed E-state index contributed by atoms with van der Waals surface area (Å²) in [5.41, 5.74) is 0. The first-order chi connectivity index (χ1) is 11.0. The molecule has 0 radical (unpaired) electrons. The van der Waals surface area contributed by atoms with Crippen molar-refractivity contribution in [2.75, 3.05) is 48.7 Å². The van der Waals surface area contributed by atoms with Crippen LogP contribution in [0.5, 0.6) is 0 Å². The molecule has 2 amide bonds. The predicted octanol–water partition coefficient (Wildman–Crippen LogP) is 0.847. The summed E-state index contributed by atoms with van der Waals surface area (Å²) in [5.74, 6) is -0.425. The molecule has 0 saturated heterocycles. The number of nitrogens with zero attached hydrogens (tertiary/aromatic N) is 4. The number of amides is 2. The molecule has 0 aliphatic carbocycles. The van der Waals surface area contributed by atoms with Gasteiger partial charge in [0.15, 0.2) is 0 Å². The van der Waals surface area contributed by atoms with Crippen molar-refractivity contribution >= 4 is 58.4 Å². The van der Waals surface area contributed by atoms with E-state index in [1.165, 1.54) is 47.3 Å². The van der Waals surface area contributed by atoms with Crippen LogP contribution in [-0.2, 0) is 41.7 Å². The molecule has 10 nitrogen and oxygen atoms in total. The second kappa shape index (κ2) is 10.4. The number of rotatable bonds is 6. The van der Waals surface area contributed by atoms with Crippen LogP contribution in [0.15, 0.2) is 5.16 Å². The van der Waals surface area contributed by atoms with Gasteiger partial charge in [-0.1, -0.05) is 5.16 Å². The molecule has 0 aliphatic heterocycles. The van der Waals surface area contributed by atoms with Crippen molar-refractivity contribution in [1.82, 2.24) is 13.3 Å². The summed E-state index contributed by atoms with van der Waals surface area (Å²) in [4.78, 5) is 29.7. The van der Waals surface area contributed by atoms with E-state index in [2.05, 4.69) is 9.99 Å². The molecule has 0 spiro atoms. The minimum atomic E-state index is -2.98. The first-order valence-electron chi connectivity index (χ1n) is 6.21. The molecule has 0 N–H and O–H groups in total. The highest BCUT2D eigenvalue weighted by Gasteiger charge is 2.32. The van der Waals surface area contributed by atoms with Crippen molar-refractivity contribution in [2.45, 2.75) is 0 Å². The number of oxime groups is 1. The Labute approximate surface area is 153 Å². The van der Waals surface area contributed by atoms with E-state index in [9.17, 15) is 13.8 Å². The summed E-state index contributed by atoms with van der Waals surface area (Å²) in [6, 6.07) is 0. The topological polar surface area (TPSA) is 101 Å². The van der Waals surface area contributed by atoms with Crippen LogP contribution in [0.1, 0.15) is 0 Å². The smallest absolute Gasteiger partial charge is 0.343 e. The Bertz CT molecular complexity index is 565. The number of carbonyl (C=O) groups is 2. The third kappa shape index (κ3) is 6.06. The van der Waals surface area contributed by atoms with Gasteiger partial charge in [-0.25, -0.2) is 13.3 Å². The van der Waals surface area contributed by atoms with Gasteiger partial charge in [-0.05, 0) is 18.1 Å². The number of hydrogen-bond donors (Lipinski definition) is 0. The van der Waals surface area contributed by atoms with Gasteiger partial charge < -0.3 is 13.9 Å². The van der Waals surface area contributed by atoms with E-state index in [4.69, 9.17) is 20.9 Å². The lowest BCUT2D eigenvalue weighted by molar-refractivity contribution is -0.121. The fraction of sp³-hybridized carbons (Fsp3) is 0.700. The summed E-state index contributed by atoms with van der Waals surface area (Å²) < 4.78 is 24.3. The van der Waals surface area contributed by atoms with Crippen molar-refractivity contribution in [3.63, 3.8) is 0 Å². The summed E-state index contributed by atoms with van der Waals surface area (Å²) >= 11 is 4.12. The molecule has 24 heavy (non-hydrogen) atoms. The quantitative estimate of drug-likeness (QED) is 0.205. The van der Waals surface area contributed by atoms with Gasteiger partial charge in [0.05, 0.1) is 0 Å². The zero-order valence-corrected chi connectivity index (χ0v) is 17.8. The van der Waals surface area contributed by atoms with Crippen molar-refractivity contribution in [3.8, 4) is 0 Å². The Morgan fingerprint density at radius 1 is 1.17 bits per heavy atom. The molecular weight excluding hydrogens is 399 g/mol. The maximum atomic E-state index is 12.3. The molecule has 0 saturated carbocycles. The summed E-state index contributed by atoms with van der Waals surface area (Å²) in [5, 5.41) is 3.47. The number of carbonyl (C=O) groups excluding carboxylic acids is 2. The standard InChI is InChI=1S/C10H21N4O6PS3/c1-12(2)9(15)8(23-7)11-20-10(16)13(3)24(17)14(4)21(22,18-5)19-6/h1-7H3. The highest BCUT2D eigenvalue weighted by molar-refractivity contribution is 8.15. The number of thioether (sulfide) groups is 1. The van der Waals surface area contributed by atoms with E-state index in [1.807, 2.05) is 0 Å². The molecule has 0 fully saturated rings. The fourth-order valence-electron chi connectivity index (χ4n) is 1.12. The van der Waals surface area contributed by atoms with Crippen LogP contribution >= 0.6 is 18.4 Å². The lowest BCUT2D eigenvalue weighted by Gasteiger charge is -2.28. The Balaban J connectivity index is 5.09. The van der Waals surface area contributed by atoms with Gasteiger partial charge in [0.1, 0.15) is 0 Å². The maximum absolute atomic E-state index is 12.3. The summed E-state index contributed by atoms with van der Waals surface area (Å²) in [6.45, 7) is -2.98. The highest BCUT2D eigenvalue weighted by Crippen LogP contribution is 2.50. The third-order valence-electron chi connectivity index (χ3n) is 2.51. The second-order valence-corrected chi connectivity index (χ2v) is 10.5. The Hall–Kier alpha value is -0.560. The van der Waals surface area contributed by atoms with Gasteiger partial charge in [0.2, 0.25) is 16.2 Å². The molecule has 140 valence electrons. The lowest BCUT2D eigenvalue weighted by atomic mass is 10.6. The molecular formula is C10H21N4O6PS3. The molecule has 0 heterocycles. The lowest BCUT2D eigenvalue weighted by Crippen LogP contribution is -2.37. The summed E-state index contributed by atoms with van der Waals surface area (Å²) in [6.07, 6.45) is 0.573. The van der Waals surface area contributed by atoms with Gasteiger partial charge >= 0.3 is 6.09 Å². The second-order valence-electron chi connectivity index (χ2n) is 4.18. The summed E-state index contributed by atoms with van der Waals surface area (Å²) in [7, 11) is 8.32. The minimum absolute atomic E-state index is 0.0280. The molecule has 1 atom stereocenters. The van der Waals surface area contributed by atoms with E-state index >= 15 is 0 Å². The van der Waals surface area contributed by atoms with Gasteiger partial charge in [-0.3, -0.25) is 9.63 Å². The molecule has 0 aromatic heterocycles. The molecule has 1 unspecified atom stereocenters. The maximum Gasteiger partial charge on any atom is 0.448 e. The van der Waals surface area contributed by atoms with E-state index in [1.54, 1.807) is 6.26 Å². The molecule has 0 rings (SSSR count).